The number of nitrogens with two attached hydrogens (primary N) is 1. The number of carbonyl (C=O) groups excluding carboxylic acids is 1. The topological polar surface area (TPSA) is 68.0 Å². The number of hydrogen-bond donors (Lipinski definition) is 2. The van der Waals surface area contributed by atoms with Gasteiger partial charge in [0.25, 0.3) is 5.91 Å². The van der Waals surface area contributed by atoms with Crippen LogP contribution in [-0.4, -0.2) is 10.9 Å². The normalized spacial score (nSPS) is 10.8. The molecular weight excluding hydrogens is 346 g/mol. The molecule has 4 nitrogen and oxygen atoms in total. The maximum Gasteiger partial charge on any atom is 0.256 e. The largest absolute Gasteiger partial charge is 0.398 e. The van der Waals surface area contributed by atoms with Crippen molar-refractivity contribution < 1.29 is 4.79 Å². The first-order valence-electron chi connectivity index (χ1n) is 9.16. The summed E-state index contributed by atoms with van der Waals surface area (Å²) < 4.78 is 0. The van der Waals surface area contributed by atoms with Gasteiger partial charge in [-0.2, -0.15) is 0 Å². The quantitative estimate of drug-likeness (QED) is 0.479. The third kappa shape index (κ3) is 3.09. The van der Waals surface area contributed by atoms with Crippen molar-refractivity contribution in [3.05, 3.63) is 89.6 Å². The van der Waals surface area contributed by atoms with E-state index in [0.29, 0.717) is 16.9 Å². The molecule has 0 atom stereocenters. The Hall–Kier alpha value is -3.66. The van der Waals surface area contributed by atoms with E-state index in [1.54, 1.807) is 18.3 Å². The summed E-state index contributed by atoms with van der Waals surface area (Å²) in [6.45, 7) is 4.10. The van der Waals surface area contributed by atoms with E-state index in [-0.39, 0.29) is 5.91 Å². The minimum absolute atomic E-state index is 0.207. The molecule has 0 aliphatic heterocycles. The Morgan fingerprint density at radius 1 is 0.929 bits per heavy atom. The minimum atomic E-state index is -0.207. The predicted octanol–water partition coefficient (Wildman–Crippen LogP) is 5.35. The SMILES string of the molecule is Cc1cccc(-c2c(N)cccc2C(=O)Nc2cccc3cccnc23)c1C. The van der Waals surface area contributed by atoms with Crippen molar-refractivity contribution in [3.8, 4) is 11.1 Å². The van der Waals surface area contributed by atoms with Gasteiger partial charge in [0, 0.05) is 28.4 Å². The maximum atomic E-state index is 13.2. The molecule has 0 aliphatic carbocycles. The van der Waals surface area contributed by atoms with E-state index < -0.39 is 0 Å². The molecular formula is C24H21N3O. The van der Waals surface area contributed by atoms with Gasteiger partial charge in [-0.3, -0.25) is 9.78 Å². The first-order chi connectivity index (χ1) is 13.6. The van der Waals surface area contributed by atoms with E-state index in [1.807, 2.05) is 55.5 Å². The van der Waals surface area contributed by atoms with Gasteiger partial charge in [-0.05, 0) is 54.8 Å². The summed E-state index contributed by atoms with van der Waals surface area (Å²) in [4.78, 5) is 17.6. The van der Waals surface area contributed by atoms with E-state index in [4.69, 9.17) is 5.73 Å². The Morgan fingerprint density at radius 3 is 2.54 bits per heavy atom. The number of fused-ring (bicyclic) bond motifs is 1. The Balaban J connectivity index is 1.81. The smallest absolute Gasteiger partial charge is 0.256 e. The lowest BCUT2D eigenvalue weighted by Crippen LogP contribution is -2.14. The number of amides is 1. The zero-order valence-corrected chi connectivity index (χ0v) is 15.9. The van der Waals surface area contributed by atoms with Crippen molar-refractivity contribution in [2.24, 2.45) is 0 Å². The van der Waals surface area contributed by atoms with E-state index >= 15 is 0 Å². The molecule has 0 unspecified atom stereocenters. The van der Waals surface area contributed by atoms with Gasteiger partial charge >= 0.3 is 0 Å². The molecule has 0 saturated carbocycles. The molecule has 28 heavy (non-hydrogen) atoms. The fourth-order valence-electron chi connectivity index (χ4n) is 3.48. The second-order valence-corrected chi connectivity index (χ2v) is 6.85. The number of nitrogen functional groups attached to an aromatic ring is 1. The molecule has 0 fully saturated rings. The fraction of sp³-hybridized carbons (Fsp3) is 0.0833. The second kappa shape index (κ2) is 7.16. The molecule has 0 bridgehead atoms. The van der Waals surface area contributed by atoms with Crippen molar-refractivity contribution in [2.45, 2.75) is 13.8 Å². The number of nitrogens with one attached hydrogen (secondary N) is 1. The summed E-state index contributed by atoms with van der Waals surface area (Å²) in [6.07, 6.45) is 1.72. The summed E-state index contributed by atoms with van der Waals surface area (Å²) in [5.41, 5.74) is 12.9. The number of aryl methyl sites for hydroxylation is 1. The van der Waals surface area contributed by atoms with Crippen molar-refractivity contribution in [2.75, 3.05) is 11.1 Å². The summed E-state index contributed by atoms with van der Waals surface area (Å²) in [5, 5.41) is 3.99. The molecule has 3 aromatic carbocycles. The van der Waals surface area contributed by atoms with Crippen LogP contribution in [0.15, 0.2) is 72.9 Å². The molecule has 4 heteroatoms. The Morgan fingerprint density at radius 2 is 1.68 bits per heavy atom. The van der Waals surface area contributed by atoms with Gasteiger partial charge < -0.3 is 11.1 Å². The summed E-state index contributed by atoms with van der Waals surface area (Å²) in [6, 6.07) is 21.1. The van der Waals surface area contributed by atoms with Crippen molar-refractivity contribution in [3.63, 3.8) is 0 Å². The lowest BCUT2D eigenvalue weighted by Gasteiger charge is -2.16. The number of para-hydroxylation sites is 1. The molecule has 0 saturated heterocycles. The predicted molar refractivity (Wildman–Crippen MR) is 115 cm³/mol. The van der Waals surface area contributed by atoms with E-state index in [2.05, 4.69) is 23.3 Å². The summed E-state index contributed by atoms with van der Waals surface area (Å²) >= 11 is 0. The molecule has 0 aliphatic rings. The van der Waals surface area contributed by atoms with Gasteiger partial charge in [-0.25, -0.2) is 0 Å². The summed E-state index contributed by atoms with van der Waals surface area (Å²) in [7, 11) is 0. The lowest BCUT2D eigenvalue weighted by atomic mass is 9.92. The molecule has 138 valence electrons. The number of rotatable bonds is 3. The van der Waals surface area contributed by atoms with Crippen LogP contribution in [-0.2, 0) is 0 Å². The average Bonchev–Trinajstić information content (AvgIpc) is 2.70. The van der Waals surface area contributed by atoms with E-state index in [1.165, 1.54) is 0 Å². The van der Waals surface area contributed by atoms with E-state index in [9.17, 15) is 4.79 Å². The highest BCUT2D eigenvalue weighted by atomic mass is 16.1. The Kier molecular flexibility index (Phi) is 4.53. The standard InChI is InChI=1S/C24H21N3O/c1-15-7-3-10-18(16(15)2)22-19(11-5-12-20(22)25)24(28)27-21-13-4-8-17-9-6-14-26-23(17)21/h3-14H,25H2,1-2H3,(H,27,28). The zero-order valence-electron chi connectivity index (χ0n) is 15.9. The van der Waals surface area contributed by atoms with Gasteiger partial charge in [0.15, 0.2) is 0 Å². The van der Waals surface area contributed by atoms with Crippen molar-refractivity contribution in [1.29, 1.82) is 0 Å². The van der Waals surface area contributed by atoms with Crippen molar-refractivity contribution in [1.82, 2.24) is 4.98 Å². The highest BCUT2D eigenvalue weighted by molar-refractivity contribution is 6.13. The van der Waals surface area contributed by atoms with Gasteiger partial charge in [0.05, 0.1) is 11.2 Å². The van der Waals surface area contributed by atoms with Crippen LogP contribution >= 0.6 is 0 Å². The first kappa shape index (κ1) is 17.7. The van der Waals surface area contributed by atoms with Gasteiger partial charge in [-0.15, -0.1) is 0 Å². The average molecular weight is 367 g/mol. The highest BCUT2D eigenvalue weighted by Gasteiger charge is 2.18. The van der Waals surface area contributed by atoms with E-state index in [0.717, 1.165) is 33.2 Å². The molecule has 0 spiro atoms. The molecule has 4 rings (SSSR count). The van der Waals surface area contributed by atoms with Crippen LogP contribution in [0.2, 0.25) is 0 Å². The van der Waals surface area contributed by atoms with Crippen LogP contribution in [0.1, 0.15) is 21.5 Å². The van der Waals surface area contributed by atoms with Gasteiger partial charge in [-0.1, -0.05) is 42.5 Å². The monoisotopic (exact) mass is 367 g/mol. The first-order valence-corrected chi connectivity index (χ1v) is 9.16. The van der Waals surface area contributed by atoms with Gasteiger partial charge in [0.1, 0.15) is 0 Å². The lowest BCUT2D eigenvalue weighted by molar-refractivity contribution is 0.102. The summed E-state index contributed by atoms with van der Waals surface area (Å²) in [5.74, 6) is -0.207. The number of benzene rings is 3. The third-order valence-corrected chi connectivity index (χ3v) is 5.10. The maximum absolute atomic E-state index is 13.2. The van der Waals surface area contributed by atoms with Gasteiger partial charge in [0.2, 0.25) is 0 Å². The third-order valence-electron chi connectivity index (χ3n) is 5.10. The number of anilines is 2. The van der Waals surface area contributed by atoms with Crippen LogP contribution in [0.4, 0.5) is 11.4 Å². The second-order valence-electron chi connectivity index (χ2n) is 6.85. The molecule has 1 amide bonds. The van der Waals surface area contributed by atoms with Crippen molar-refractivity contribution >= 4 is 28.2 Å². The van der Waals surface area contributed by atoms with Crippen LogP contribution in [0.3, 0.4) is 0 Å². The molecule has 4 aromatic rings. The molecule has 3 N–H and O–H groups in total. The van der Waals surface area contributed by atoms with Crippen LogP contribution in [0.25, 0.3) is 22.0 Å². The number of nitrogens with zero attached hydrogens (tertiary/aromatic N) is 1. The number of carbonyl (C=O) groups is 1. The fourth-order valence-corrected chi connectivity index (χ4v) is 3.48. The zero-order chi connectivity index (χ0) is 19.7. The molecule has 1 heterocycles. The van der Waals surface area contributed by atoms with Crippen LogP contribution in [0, 0.1) is 13.8 Å². The Bertz CT molecular complexity index is 1190. The number of hydrogen-bond acceptors (Lipinski definition) is 3. The minimum Gasteiger partial charge on any atom is -0.398 e. The highest BCUT2D eigenvalue weighted by Crippen LogP contribution is 2.34. The Labute approximate surface area is 164 Å². The van der Waals surface area contributed by atoms with Crippen LogP contribution < -0.4 is 11.1 Å². The molecule has 1 aromatic heterocycles. The molecule has 0 radical (unpaired) electrons. The number of aromatic nitrogens is 1. The van der Waals surface area contributed by atoms with Crippen LogP contribution in [0.5, 0.6) is 0 Å². The number of pyridine rings is 1.